The summed E-state index contributed by atoms with van der Waals surface area (Å²) in [5.41, 5.74) is 7.09. The van der Waals surface area contributed by atoms with Gasteiger partial charge >= 0.3 is 5.97 Å². The molecule has 0 saturated carbocycles. The highest BCUT2D eigenvalue weighted by atomic mass is 16.4. The van der Waals surface area contributed by atoms with Gasteiger partial charge in [-0.25, -0.2) is 4.79 Å². The van der Waals surface area contributed by atoms with Crippen molar-refractivity contribution in [1.29, 1.82) is 0 Å². The van der Waals surface area contributed by atoms with Gasteiger partial charge in [-0.3, -0.25) is 19.2 Å². The van der Waals surface area contributed by atoms with Crippen LogP contribution in [0, 0.1) is 5.92 Å². The molecule has 208 valence electrons. The van der Waals surface area contributed by atoms with E-state index >= 15 is 0 Å². The number of nitrogens with zero attached hydrogens (tertiary/aromatic N) is 2. The molecule has 0 bridgehead atoms. The molecule has 0 unspecified atom stereocenters. The van der Waals surface area contributed by atoms with Gasteiger partial charge < -0.3 is 31.3 Å². The quantitative estimate of drug-likeness (QED) is 0.320. The highest BCUT2D eigenvalue weighted by Crippen LogP contribution is 2.21. The predicted molar refractivity (Wildman–Crippen MR) is 140 cm³/mol. The number of carbonyl (C=O) groups excluding carboxylic acids is 4. The molecule has 1 aromatic rings. The number of amides is 4. The van der Waals surface area contributed by atoms with Gasteiger partial charge in [0.2, 0.25) is 23.6 Å². The topological polar surface area (TPSA) is 162 Å². The summed E-state index contributed by atoms with van der Waals surface area (Å²) in [7, 11) is 0. The summed E-state index contributed by atoms with van der Waals surface area (Å²) in [5.74, 6) is -3.05. The van der Waals surface area contributed by atoms with Crippen LogP contribution in [0.3, 0.4) is 0 Å². The molecule has 0 aromatic heterocycles. The zero-order valence-electron chi connectivity index (χ0n) is 22.1. The second-order valence-corrected chi connectivity index (χ2v) is 10.2. The lowest BCUT2D eigenvalue weighted by molar-refractivity contribution is -0.145. The van der Waals surface area contributed by atoms with Crippen LogP contribution >= 0.6 is 0 Å². The number of nitrogens with one attached hydrogen (secondary N) is 2. The van der Waals surface area contributed by atoms with Gasteiger partial charge in [-0.05, 0) is 43.6 Å². The maximum absolute atomic E-state index is 13.0. The lowest BCUT2D eigenvalue weighted by Gasteiger charge is -2.28. The van der Waals surface area contributed by atoms with Crippen molar-refractivity contribution in [3.63, 3.8) is 0 Å². The first-order chi connectivity index (χ1) is 18.1. The number of hydrogen-bond acceptors (Lipinski definition) is 6. The van der Waals surface area contributed by atoms with Gasteiger partial charge in [-0.15, -0.1) is 0 Å². The van der Waals surface area contributed by atoms with Crippen molar-refractivity contribution in [2.75, 3.05) is 19.6 Å². The molecule has 11 heteroatoms. The number of hydrogen-bond donors (Lipinski definition) is 4. The molecule has 2 fully saturated rings. The maximum Gasteiger partial charge on any atom is 0.326 e. The molecule has 3 rings (SSSR count). The smallest absolute Gasteiger partial charge is 0.326 e. The Bertz CT molecular complexity index is 1020. The fraction of sp³-hybridized carbons (Fsp3) is 0.593. The van der Waals surface area contributed by atoms with Crippen molar-refractivity contribution in [3.8, 4) is 0 Å². The molecule has 5 atom stereocenters. The van der Waals surface area contributed by atoms with Gasteiger partial charge in [0.05, 0.1) is 12.6 Å². The molecular formula is C27H39N5O6. The number of aliphatic carboxylic acids is 1. The van der Waals surface area contributed by atoms with Gasteiger partial charge in [0.1, 0.15) is 18.1 Å². The lowest BCUT2D eigenvalue weighted by atomic mass is 9.99. The van der Waals surface area contributed by atoms with Crippen LogP contribution in [0.5, 0.6) is 0 Å². The molecule has 2 saturated heterocycles. The predicted octanol–water partition coefficient (Wildman–Crippen LogP) is 0.270. The zero-order valence-corrected chi connectivity index (χ0v) is 22.1. The summed E-state index contributed by atoms with van der Waals surface area (Å²) < 4.78 is 0. The van der Waals surface area contributed by atoms with Crippen LogP contribution in [-0.4, -0.2) is 88.3 Å². The van der Waals surface area contributed by atoms with Gasteiger partial charge in [-0.1, -0.05) is 50.6 Å². The Kier molecular flexibility index (Phi) is 10.2. The Morgan fingerprint density at radius 1 is 1.00 bits per heavy atom. The fourth-order valence-corrected chi connectivity index (χ4v) is 5.12. The third kappa shape index (κ3) is 7.09. The van der Waals surface area contributed by atoms with Gasteiger partial charge in [0, 0.05) is 13.1 Å². The Morgan fingerprint density at radius 2 is 1.61 bits per heavy atom. The van der Waals surface area contributed by atoms with E-state index in [4.69, 9.17) is 5.73 Å². The summed E-state index contributed by atoms with van der Waals surface area (Å²) in [4.78, 5) is 66.2. The molecule has 0 spiro atoms. The molecule has 38 heavy (non-hydrogen) atoms. The summed E-state index contributed by atoms with van der Waals surface area (Å²) in [6.07, 6.45) is 3.09. The molecular weight excluding hydrogens is 490 g/mol. The van der Waals surface area contributed by atoms with Crippen LogP contribution in [0.4, 0.5) is 0 Å². The van der Waals surface area contributed by atoms with Gasteiger partial charge in [0.25, 0.3) is 0 Å². The van der Waals surface area contributed by atoms with Crippen LogP contribution < -0.4 is 16.4 Å². The lowest BCUT2D eigenvalue weighted by Crippen LogP contribution is -2.55. The number of nitrogens with two attached hydrogens (primary N) is 1. The highest BCUT2D eigenvalue weighted by Gasteiger charge is 2.39. The molecule has 2 aliphatic heterocycles. The first-order valence-corrected chi connectivity index (χ1v) is 13.3. The third-order valence-corrected chi connectivity index (χ3v) is 7.52. The number of carboxylic acid groups (broad SMARTS) is 1. The second-order valence-electron chi connectivity index (χ2n) is 10.2. The van der Waals surface area contributed by atoms with E-state index in [1.54, 1.807) is 6.92 Å². The zero-order chi connectivity index (χ0) is 27.8. The molecule has 1 aromatic carbocycles. The average molecular weight is 530 g/mol. The number of carboxylic acids is 1. The van der Waals surface area contributed by atoms with Crippen molar-refractivity contribution >= 4 is 29.6 Å². The monoisotopic (exact) mass is 529 g/mol. The van der Waals surface area contributed by atoms with Gasteiger partial charge in [0.15, 0.2) is 0 Å². The molecule has 2 heterocycles. The second kappa shape index (κ2) is 13.4. The van der Waals surface area contributed by atoms with Crippen LogP contribution in [0.1, 0.15) is 51.5 Å². The van der Waals surface area contributed by atoms with E-state index in [1.165, 1.54) is 9.80 Å². The molecule has 11 nitrogen and oxygen atoms in total. The van der Waals surface area contributed by atoms with E-state index < -0.39 is 47.9 Å². The molecule has 0 aliphatic carbocycles. The van der Waals surface area contributed by atoms with E-state index in [9.17, 15) is 29.1 Å². The number of rotatable bonds is 11. The minimum Gasteiger partial charge on any atom is -0.480 e. The maximum atomic E-state index is 13.0. The number of benzene rings is 1. The van der Waals surface area contributed by atoms with E-state index in [0.29, 0.717) is 51.6 Å². The normalized spacial score (nSPS) is 21.4. The van der Waals surface area contributed by atoms with E-state index in [2.05, 4.69) is 10.6 Å². The standard InChI is InChI=1S/C27H39N5O6/c1-3-17(2)23(27(37)38)30-25(35)21-12-7-13-31(21)22(33)16-29-24(34)20-11-8-14-32(20)26(36)19(28)15-18-9-5-4-6-10-18/h4-6,9-10,17,19-21,23H,3,7-8,11-16,28H2,1-2H3,(H,29,34)(H,30,35)(H,37,38)/t17-,19-,20-,21-,23-/m0/s1. The Morgan fingerprint density at radius 3 is 2.21 bits per heavy atom. The SMILES string of the molecule is CC[C@H](C)[C@H](NC(=O)[C@@H]1CCCN1C(=O)CNC(=O)[C@@H]1CCCN1C(=O)[C@@H](N)Cc1ccccc1)C(=O)O. The Labute approximate surface area is 223 Å². The third-order valence-electron chi connectivity index (χ3n) is 7.52. The van der Waals surface area contributed by atoms with Crippen molar-refractivity contribution in [1.82, 2.24) is 20.4 Å². The largest absolute Gasteiger partial charge is 0.480 e. The van der Waals surface area contributed by atoms with Gasteiger partial charge in [-0.2, -0.15) is 0 Å². The highest BCUT2D eigenvalue weighted by molar-refractivity contribution is 5.94. The molecule has 5 N–H and O–H groups in total. The number of likely N-dealkylation sites (tertiary alicyclic amines) is 2. The van der Waals surface area contributed by atoms with Crippen LogP contribution in [0.2, 0.25) is 0 Å². The summed E-state index contributed by atoms with van der Waals surface area (Å²) in [5, 5.41) is 14.7. The van der Waals surface area contributed by atoms with Crippen LogP contribution in [0.25, 0.3) is 0 Å². The molecule has 2 aliphatic rings. The Balaban J connectivity index is 1.54. The fourth-order valence-electron chi connectivity index (χ4n) is 5.12. The summed E-state index contributed by atoms with van der Waals surface area (Å²) >= 11 is 0. The minimum absolute atomic E-state index is 0.265. The van der Waals surface area contributed by atoms with Crippen molar-refractivity contribution in [2.24, 2.45) is 11.7 Å². The first-order valence-electron chi connectivity index (χ1n) is 13.3. The van der Waals surface area contributed by atoms with E-state index in [-0.39, 0.29) is 18.4 Å². The van der Waals surface area contributed by atoms with Crippen LogP contribution in [0.15, 0.2) is 30.3 Å². The van der Waals surface area contributed by atoms with Crippen LogP contribution in [-0.2, 0) is 30.4 Å². The van der Waals surface area contributed by atoms with Crippen molar-refractivity contribution in [2.45, 2.75) is 76.5 Å². The van der Waals surface area contributed by atoms with Crippen molar-refractivity contribution < 1.29 is 29.1 Å². The Hall–Kier alpha value is -3.47. The average Bonchev–Trinajstić information content (AvgIpc) is 3.60. The van der Waals surface area contributed by atoms with E-state index in [0.717, 1.165) is 5.56 Å². The molecule has 4 amide bonds. The first kappa shape index (κ1) is 29.1. The summed E-state index contributed by atoms with van der Waals surface area (Å²) in [6.45, 7) is 4.04. The number of carbonyl (C=O) groups is 5. The molecule has 0 radical (unpaired) electrons. The summed E-state index contributed by atoms with van der Waals surface area (Å²) in [6, 6.07) is 6.12. The van der Waals surface area contributed by atoms with E-state index in [1.807, 2.05) is 37.3 Å². The van der Waals surface area contributed by atoms with Crippen molar-refractivity contribution in [3.05, 3.63) is 35.9 Å². The minimum atomic E-state index is -1.12.